The van der Waals surface area contributed by atoms with Crippen molar-refractivity contribution in [1.29, 1.82) is 0 Å². The van der Waals surface area contributed by atoms with Crippen LogP contribution in [0.5, 0.6) is 5.75 Å². The Kier molecular flexibility index (Phi) is 6.65. The van der Waals surface area contributed by atoms with E-state index in [4.69, 9.17) is 4.74 Å². The Morgan fingerprint density at radius 1 is 1.09 bits per heavy atom. The summed E-state index contributed by atoms with van der Waals surface area (Å²) in [7, 11) is 1.42. The highest BCUT2D eigenvalue weighted by molar-refractivity contribution is 6.09. The molecule has 3 rings (SSSR count). The fourth-order valence-corrected chi connectivity index (χ4v) is 3.23. The van der Waals surface area contributed by atoms with Crippen molar-refractivity contribution < 1.29 is 29.3 Å². The van der Waals surface area contributed by atoms with E-state index in [0.29, 0.717) is 22.3 Å². The van der Waals surface area contributed by atoms with E-state index in [1.54, 1.807) is 36.4 Å². The molecule has 162 valence electrons. The number of ketones is 1. The van der Waals surface area contributed by atoms with Crippen molar-refractivity contribution in [3.63, 3.8) is 0 Å². The summed E-state index contributed by atoms with van der Waals surface area (Å²) in [5.41, 5.74) is 2.21. The summed E-state index contributed by atoms with van der Waals surface area (Å²) in [6, 6.07) is 11.0. The smallest absolute Gasteiger partial charge is 0.336 e. The van der Waals surface area contributed by atoms with Crippen LogP contribution in [0.25, 0.3) is 5.57 Å². The van der Waals surface area contributed by atoms with Crippen LogP contribution in [-0.2, 0) is 14.3 Å². The number of carboxylic acid groups (broad SMARTS) is 1. The van der Waals surface area contributed by atoms with Crippen LogP contribution >= 0.6 is 0 Å². The Bertz CT molecular complexity index is 1220. The summed E-state index contributed by atoms with van der Waals surface area (Å²) < 4.78 is 4.82. The van der Waals surface area contributed by atoms with Gasteiger partial charge in [0.2, 0.25) is 11.7 Å². The molecule has 2 aromatic carbocycles. The molecule has 1 aliphatic rings. The largest absolute Gasteiger partial charge is 0.506 e. The SMILES string of the molecule is CO/C=N\c1cc(/C(=C2\C=CC(=O)C(NC(C)=O)=C2)c2ccccc2C(=O)O)ccc1O. The number of aromatic hydroxyl groups is 1. The fraction of sp³-hybridized carbons (Fsp3) is 0.0833. The zero-order valence-corrected chi connectivity index (χ0v) is 17.3. The summed E-state index contributed by atoms with van der Waals surface area (Å²) in [6.45, 7) is 1.29. The van der Waals surface area contributed by atoms with Crippen LogP contribution in [0.4, 0.5) is 5.69 Å². The first-order valence-electron chi connectivity index (χ1n) is 9.49. The van der Waals surface area contributed by atoms with Gasteiger partial charge in [-0.05, 0) is 52.6 Å². The highest BCUT2D eigenvalue weighted by Crippen LogP contribution is 2.36. The zero-order valence-electron chi connectivity index (χ0n) is 17.3. The first-order chi connectivity index (χ1) is 15.3. The Labute approximate surface area is 183 Å². The van der Waals surface area contributed by atoms with Crippen molar-refractivity contribution in [2.45, 2.75) is 6.92 Å². The summed E-state index contributed by atoms with van der Waals surface area (Å²) in [4.78, 5) is 39.7. The number of ether oxygens (including phenoxy) is 1. The van der Waals surface area contributed by atoms with Crippen LogP contribution in [0, 0.1) is 0 Å². The zero-order chi connectivity index (χ0) is 23.3. The molecular weight excluding hydrogens is 412 g/mol. The van der Waals surface area contributed by atoms with Crippen molar-refractivity contribution in [1.82, 2.24) is 5.32 Å². The number of carbonyl (C=O) groups excluding carboxylic acids is 2. The predicted molar refractivity (Wildman–Crippen MR) is 119 cm³/mol. The van der Waals surface area contributed by atoms with Gasteiger partial charge in [-0.25, -0.2) is 9.79 Å². The predicted octanol–water partition coefficient (Wildman–Crippen LogP) is 3.36. The summed E-state index contributed by atoms with van der Waals surface area (Å²) in [5.74, 6) is -2.02. The number of nitrogens with zero attached hydrogens (tertiary/aromatic N) is 1. The van der Waals surface area contributed by atoms with E-state index in [1.807, 2.05) is 0 Å². The fourth-order valence-electron chi connectivity index (χ4n) is 3.23. The molecule has 0 aliphatic heterocycles. The molecule has 2 aromatic rings. The second kappa shape index (κ2) is 9.57. The van der Waals surface area contributed by atoms with Crippen molar-refractivity contribution >= 4 is 35.3 Å². The van der Waals surface area contributed by atoms with E-state index in [9.17, 15) is 24.6 Å². The van der Waals surface area contributed by atoms with E-state index >= 15 is 0 Å². The highest BCUT2D eigenvalue weighted by Gasteiger charge is 2.21. The third kappa shape index (κ3) is 4.81. The van der Waals surface area contributed by atoms with Crippen LogP contribution in [0.15, 0.2) is 77.0 Å². The molecule has 8 nitrogen and oxygen atoms in total. The van der Waals surface area contributed by atoms with E-state index in [1.165, 1.54) is 38.3 Å². The topological polar surface area (TPSA) is 125 Å². The average molecular weight is 432 g/mol. The van der Waals surface area contributed by atoms with Gasteiger partial charge in [-0.1, -0.05) is 30.3 Å². The number of aromatic carboxylic acids is 1. The second-order valence-corrected chi connectivity index (χ2v) is 6.79. The number of hydrogen-bond donors (Lipinski definition) is 3. The lowest BCUT2D eigenvalue weighted by Gasteiger charge is -2.18. The number of rotatable bonds is 6. The normalized spacial score (nSPS) is 14.8. The molecule has 3 N–H and O–H groups in total. The number of amides is 1. The summed E-state index contributed by atoms with van der Waals surface area (Å²) in [5, 5.41) is 22.4. The number of carboxylic acids is 1. The minimum Gasteiger partial charge on any atom is -0.506 e. The molecule has 0 unspecified atom stereocenters. The number of benzene rings is 2. The van der Waals surface area contributed by atoms with Crippen molar-refractivity contribution in [3.05, 3.63) is 88.7 Å². The van der Waals surface area contributed by atoms with E-state index < -0.39 is 11.9 Å². The van der Waals surface area contributed by atoms with Gasteiger partial charge >= 0.3 is 5.97 Å². The van der Waals surface area contributed by atoms with Crippen molar-refractivity contribution in [2.75, 3.05) is 7.11 Å². The van der Waals surface area contributed by atoms with Crippen LogP contribution in [0.3, 0.4) is 0 Å². The standard InChI is InChI=1S/C24H20N2O6/c1-14(27)26-20-12-16(8-10-22(20)29)23(17-5-3-4-6-18(17)24(30)31)15-7-9-21(28)19(11-15)25-13-32-2/h3-13,28H,1-2H3,(H,26,27)(H,30,31)/b23-16-,25-13-. The molecule has 0 spiro atoms. The van der Waals surface area contributed by atoms with E-state index in [-0.39, 0.29) is 28.5 Å². The minimum absolute atomic E-state index is 0.0461. The van der Waals surface area contributed by atoms with Gasteiger partial charge in [0.25, 0.3) is 0 Å². The third-order valence-corrected chi connectivity index (χ3v) is 4.57. The van der Waals surface area contributed by atoms with Gasteiger partial charge in [0, 0.05) is 6.92 Å². The van der Waals surface area contributed by atoms with Gasteiger partial charge < -0.3 is 20.3 Å². The van der Waals surface area contributed by atoms with Crippen molar-refractivity contribution in [2.24, 2.45) is 4.99 Å². The average Bonchev–Trinajstić information content (AvgIpc) is 2.76. The minimum atomic E-state index is -1.13. The molecule has 0 heterocycles. The lowest BCUT2D eigenvalue weighted by atomic mass is 9.87. The Hall–Kier alpha value is -4.46. The Balaban J connectivity index is 2.33. The quantitative estimate of drug-likeness (QED) is 0.475. The number of allylic oxidation sites excluding steroid dienone is 4. The first-order valence-corrected chi connectivity index (χ1v) is 9.49. The lowest BCUT2D eigenvalue weighted by Crippen LogP contribution is -2.25. The molecule has 0 saturated heterocycles. The second-order valence-electron chi connectivity index (χ2n) is 6.79. The third-order valence-electron chi connectivity index (χ3n) is 4.57. The molecule has 0 radical (unpaired) electrons. The van der Waals surface area contributed by atoms with Gasteiger partial charge in [-0.2, -0.15) is 0 Å². The molecule has 0 atom stereocenters. The number of aliphatic imine (C=N–C) groups is 1. The first kappa shape index (κ1) is 22.2. The molecule has 0 bridgehead atoms. The molecule has 1 amide bonds. The van der Waals surface area contributed by atoms with Gasteiger partial charge in [-0.15, -0.1) is 0 Å². The maximum absolute atomic E-state index is 12.2. The number of nitrogens with one attached hydrogen (secondary N) is 1. The molecule has 0 aromatic heterocycles. The number of methoxy groups -OCH3 is 1. The van der Waals surface area contributed by atoms with Crippen LogP contribution < -0.4 is 5.32 Å². The summed E-state index contributed by atoms with van der Waals surface area (Å²) in [6.07, 6.45) is 5.49. The van der Waals surface area contributed by atoms with Gasteiger partial charge in [0.05, 0.1) is 18.4 Å². The van der Waals surface area contributed by atoms with Crippen LogP contribution in [0.2, 0.25) is 0 Å². The molecular formula is C24H20N2O6. The molecule has 8 heteroatoms. The van der Waals surface area contributed by atoms with Crippen LogP contribution in [-0.4, -0.2) is 41.4 Å². The number of phenols is 1. The monoisotopic (exact) mass is 432 g/mol. The Morgan fingerprint density at radius 2 is 1.81 bits per heavy atom. The number of phenolic OH excluding ortho intramolecular Hbond substituents is 1. The molecule has 32 heavy (non-hydrogen) atoms. The number of hydrogen-bond acceptors (Lipinski definition) is 6. The Morgan fingerprint density at radius 3 is 2.47 bits per heavy atom. The summed E-state index contributed by atoms with van der Waals surface area (Å²) >= 11 is 0. The molecule has 0 saturated carbocycles. The molecule has 0 fully saturated rings. The molecule has 1 aliphatic carbocycles. The lowest BCUT2D eigenvalue weighted by molar-refractivity contribution is -0.120. The highest BCUT2D eigenvalue weighted by atomic mass is 16.5. The maximum atomic E-state index is 12.2. The van der Waals surface area contributed by atoms with Gasteiger partial charge in [0.15, 0.2) is 6.40 Å². The number of carbonyl (C=O) groups is 3. The maximum Gasteiger partial charge on any atom is 0.336 e. The van der Waals surface area contributed by atoms with Crippen molar-refractivity contribution in [3.8, 4) is 5.75 Å². The van der Waals surface area contributed by atoms with E-state index in [0.717, 1.165) is 6.40 Å². The van der Waals surface area contributed by atoms with Crippen LogP contribution in [0.1, 0.15) is 28.4 Å². The van der Waals surface area contributed by atoms with Gasteiger partial charge in [0.1, 0.15) is 11.4 Å². The van der Waals surface area contributed by atoms with Gasteiger partial charge in [-0.3, -0.25) is 9.59 Å². The van der Waals surface area contributed by atoms with E-state index in [2.05, 4.69) is 10.3 Å².